The Bertz CT molecular complexity index is 1020. The van der Waals surface area contributed by atoms with Crippen LogP contribution in [-0.4, -0.2) is 16.2 Å². The fourth-order valence-electron chi connectivity index (χ4n) is 8.64. The molecule has 5 rings (SSSR count). The predicted octanol–water partition coefficient (Wildman–Crippen LogP) is 6.32. The summed E-state index contributed by atoms with van der Waals surface area (Å²) in [5.41, 5.74) is 3.58. The van der Waals surface area contributed by atoms with Gasteiger partial charge >= 0.3 is 0 Å². The highest BCUT2D eigenvalue weighted by Gasteiger charge is 2.71. The maximum atomic E-state index is 10.6. The molecule has 0 radical (unpaired) electrons. The summed E-state index contributed by atoms with van der Waals surface area (Å²) in [7, 11) is 0. The van der Waals surface area contributed by atoms with E-state index in [2.05, 4.69) is 63.9 Å². The lowest BCUT2D eigenvalue weighted by molar-refractivity contribution is -0.187. The summed E-state index contributed by atoms with van der Waals surface area (Å²) in [6, 6.07) is 6.85. The Kier molecular flexibility index (Phi) is 4.27. The molecule has 0 bridgehead atoms. The fourth-order valence-corrected chi connectivity index (χ4v) is 8.64. The Morgan fingerprint density at radius 1 is 1.06 bits per heavy atom. The van der Waals surface area contributed by atoms with Crippen LogP contribution < -0.4 is 0 Å². The standard InChI is InChI=1S/C28H36N2O/c1-24-12-13-26(3)23(25(24,2)10-9-22(24)19-7-6-14-30-18-19)15-20(17-29)27(4)16-21(31)8-11-28(26,27)5/h6-7,9,14-15,18,21,23,31H,8,10-13,16H2,1-5H3/t21-,23-,24+,25-,26-,27+,28+/m0/s1. The van der Waals surface area contributed by atoms with E-state index in [-0.39, 0.29) is 33.2 Å². The highest BCUT2D eigenvalue weighted by atomic mass is 16.3. The van der Waals surface area contributed by atoms with Crippen molar-refractivity contribution in [2.75, 3.05) is 0 Å². The molecule has 0 spiro atoms. The third-order valence-electron chi connectivity index (χ3n) is 11.2. The van der Waals surface area contributed by atoms with E-state index in [0.29, 0.717) is 12.3 Å². The van der Waals surface area contributed by atoms with E-state index in [1.165, 1.54) is 11.1 Å². The zero-order chi connectivity index (χ0) is 22.3. The second kappa shape index (κ2) is 6.32. The molecule has 1 heterocycles. The van der Waals surface area contributed by atoms with Crippen LogP contribution in [0.1, 0.15) is 78.7 Å². The van der Waals surface area contributed by atoms with Crippen LogP contribution >= 0.6 is 0 Å². The average molecular weight is 417 g/mol. The number of aliphatic hydroxyl groups is 1. The van der Waals surface area contributed by atoms with Gasteiger partial charge in [-0.15, -0.1) is 0 Å². The van der Waals surface area contributed by atoms with E-state index in [0.717, 1.165) is 37.7 Å². The minimum atomic E-state index is -0.301. The average Bonchev–Trinajstić information content (AvgIpc) is 3.02. The molecule has 2 saturated carbocycles. The van der Waals surface area contributed by atoms with Crippen LogP contribution in [0.4, 0.5) is 0 Å². The highest BCUT2D eigenvalue weighted by Crippen LogP contribution is 2.78. The number of rotatable bonds is 1. The van der Waals surface area contributed by atoms with Crippen LogP contribution in [0.3, 0.4) is 0 Å². The molecule has 4 aliphatic rings. The first-order valence-electron chi connectivity index (χ1n) is 12.0. The van der Waals surface area contributed by atoms with Gasteiger partial charge in [0.25, 0.3) is 0 Å². The van der Waals surface area contributed by atoms with Gasteiger partial charge in [-0.05, 0) is 83.3 Å². The molecule has 31 heavy (non-hydrogen) atoms. The van der Waals surface area contributed by atoms with E-state index >= 15 is 0 Å². The summed E-state index contributed by atoms with van der Waals surface area (Å²) in [4.78, 5) is 4.40. The minimum absolute atomic E-state index is 0.00507. The van der Waals surface area contributed by atoms with Crippen LogP contribution in [0.2, 0.25) is 0 Å². The monoisotopic (exact) mass is 416 g/mol. The Balaban J connectivity index is 1.67. The molecule has 0 saturated heterocycles. The summed E-state index contributed by atoms with van der Waals surface area (Å²) in [6.45, 7) is 12.1. The normalized spacial score (nSPS) is 48.5. The van der Waals surface area contributed by atoms with Crippen LogP contribution in [0, 0.1) is 44.3 Å². The van der Waals surface area contributed by atoms with Crippen molar-refractivity contribution in [2.24, 2.45) is 33.0 Å². The van der Waals surface area contributed by atoms with Gasteiger partial charge in [-0.2, -0.15) is 5.26 Å². The van der Waals surface area contributed by atoms with Crippen molar-refractivity contribution >= 4 is 5.57 Å². The van der Waals surface area contributed by atoms with Gasteiger partial charge in [0.1, 0.15) is 0 Å². The van der Waals surface area contributed by atoms with E-state index in [4.69, 9.17) is 0 Å². The minimum Gasteiger partial charge on any atom is -0.393 e. The predicted molar refractivity (Wildman–Crippen MR) is 124 cm³/mol. The zero-order valence-corrected chi connectivity index (χ0v) is 19.7. The van der Waals surface area contributed by atoms with Crippen LogP contribution in [0.5, 0.6) is 0 Å². The summed E-state index contributed by atoms with van der Waals surface area (Å²) in [5.74, 6) is 0.340. The SMILES string of the molecule is C[C@]12CC[C@H](O)C[C@]1(C)C(C#N)=C[C@@H]1[C@]2(C)CC[C@]2(C)C(c3cccnc3)=CC[C@@]12C. The van der Waals surface area contributed by atoms with Gasteiger partial charge in [0.15, 0.2) is 0 Å². The molecule has 2 fully saturated rings. The number of allylic oxidation sites excluding steroid dienone is 4. The van der Waals surface area contributed by atoms with Crippen molar-refractivity contribution in [3.05, 3.63) is 47.8 Å². The Morgan fingerprint density at radius 2 is 1.84 bits per heavy atom. The number of aromatic nitrogens is 1. The molecule has 164 valence electrons. The lowest BCUT2D eigenvalue weighted by atomic mass is 9.33. The maximum absolute atomic E-state index is 10.6. The van der Waals surface area contributed by atoms with E-state index in [9.17, 15) is 10.4 Å². The van der Waals surface area contributed by atoms with Crippen LogP contribution in [0.25, 0.3) is 5.57 Å². The summed E-state index contributed by atoms with van der Waals surface area (Å²) >= 11 is 0. The van der Waals surface area contributed by atoms with Gasteiger partial charge in [0, 0.05) is 23.4 Å². The Morgan fingerprint density at radius 3 is 2.52 bits per heavy atom. The molecular formula is C28H36N2O. The Labute approximate surface area is 187 Å². The van der Waals surface area contributed by atoms with E-state index in [1.54, 1.807) is 0 Å². The third kappa shape index (κ3) is 2.30. The Hall–Kier alpha value is -1.92. The quantitative estimate of drug-likeness (QED) is 0.583. The lowest BCUT2D eigenvalue weighted by Gasteiger charge is -2.71. The van der Waals surface area contributed by atoms with Crippen molar-refractivity contribution in [1.29, 1.82) is 5.26 Å². The molecule has 3 heteroatoms. The topological polar surface area (TPSA) is 56.9 Å². The van der Waals surface area contributed by atoms with Gasteiger partial charge in [-0.3, -0.25) is 4.98 Å². The number of nitrogens with zero attached hydrogens (tertiary/aromatic N) is 2. The second-order valence-electron chi connectivity index (χ2n) is 12.0. The molecule has 3 nitrogen and oxygen atoms in total. The first-order chi connectivity index (χ1) is 14.6. The van der Waals surface area contributed by atoms with Gasteiger partial charge in [-0.1, -0.05) is 52.8 Å². The molecule has 1 aromatic rings. The number of hydrogen-bond acceptors (Lipinski definition) is 3. The number of nitriles is 1. The number of aliphatic hydroxyl groups excluding tert-OH is 1. The second-order valence-corrected chi connectivity index (χ2v) is 12.0. The molecular weight excluding hydrogens is 380 g/mol. The number of fused-ring (bicyclic) bond motifs is 5. The molecule has 0 unspecified atom stereocenters. The first kappa shape index (κ1) is 21.0. The van der Waals surface area contributed by atoms with Crippen molar-refractivity contribution in [2.45, 2.75) is 79.2 Å². The number of pyridine rings is 1. The van der Waals surface area contributed by atoms with Crippen molar-refractivity contribution in [1.82, 2.24) is 4.98 Å². The van der Waals surface area contributed by atoms with E-state index < -0.39 is 0 Å². The van der Waals surface area contributed by atoms with Crippen molar-refractivity contribution in [3.8, 4) is 6.07 Å². The smallest absolute Gasteiger partial charge is 0.0949 e. The summed E-state index contributed by atoms with van der Waals surface area (Å²) in [6.07, 6.45) is 14.3. The van der Waals surface area contributed by atoms with Crippen LogP contribution in [-0.2, 0) is 0 Å². The van der Waals surface area contributed by atoms with Gasteiger partial charge in [-0.25, -0.2) is 0 Å². The summed E-state index contributed by atoms with van der Waals surface area (Å²) < 4.78 is 0. The molecule has 4 aliphatic carbocycles. The lowest BCUT2D eigenvalue weighted by Crippen LogP contribution is -2.65. The summed E-state index contributed by atoms with van der Waals surface area (Å²) in [5, 5.41) is 20.8. The highest BCUT2D eigenvalue weighted by molar-refractivity contribution is 5.73. The fraction of sp³-hybridized carbons (Fsp3) is 0.643. The molecule has 1 aromatic heterocycles. The largest absolute Gasteiger partial charge is 0.393 e. The third-order valence-corrected chi connectivity index (χ3v) is 11.2. The van der Waals surface area contributed by atoms with Crippen molar-refractivity contribution < 1.29 is 5.11 Å². The van der Waals surface area contributed by atoms with Gasteiger partial charge in [0.2, 0.25) is 0 Å². The number of hydrogen-bond donors (Lipinski definition) is 1. The van der Waals surface area contributed by atoms with Gasteiger partial charge in [0.05, 0.1) is 12.2 Å². The molecule has 0 amide bonds. The maximum Gasteiger partial charge on any atom is 0.0949 e. The van der Waals surface area contributed by atoms with Crippen LogP contribution in [0.15, 0.2) is 42.3 Å². The first-order valence-corrected chi connectivity index (χ1v) is 12.0. The molecule has 0 aliphatic heterocycles. The molecule has 1 N–H and O–H groups in total. The zero-order valence-electron chi connectivity index (χ0n) is 19.7. The van der Waals surface area contributed by atoms with E-state index in [1.807, 2.05) is 18.5 Å². The van der Waals surface area contributed by atoms with Gasteiger partial charge < -0.3 is 5.11 Å². The molecule has 7 atom stereocenters. The van der Waals surface area contributed by atoms with Crippen molar-refractivity contribution in [3.63, 3.8) is 0 Å². The molecule has 0 aromatic carbocycles.